The zero-order valence-corrected chi connectivity index (χ0v) is 29.7. The standard InChI is InChI=1S/C46H31NO3S2/c1-28-41(45-37(48)26-39(51-45)43(31-16-4-2-5-17-31)35-24-12-18-29-14-8-10-22-33(29)35)44(50)42(28)46-38(49)27-40(52-46)47(32-20-6-3-7-21-32)36-25-13-19-30-15-9-11-23-34(30)36/h2-27,48-49H,1H3/b43-39+,45-41+. The maximum atomic E-state index is 14.1. The van der Waals surface area contributed by atoms with E-state index in [1.54, 1.807) is 12.1 Å². The maximum Gasteiger partial charge on any atom is 0.196 e. The van der Waals surface area contributed by atoms with Crippen LogP contribution in [0.1, 0.15) is 22.9 Å². The average molecular weight is 710 g/mol. The number of thiophene rings is 2. The van der Waals surface area contributed by atoms with Gasteiger partial charge in [0.2, 0.25) is 0 Å². The van der Waals surface area contributed by atoms with Crippen LogP contribution < -0.4 is 14.0 Å². The number of hydrogen-bond donors (Lipinski definition) is 2. The first-order valence-corrected chi connectivity index (χ1v) is 18.6. The third kappa shape index (κ3) is 5.23. The van der Waals surface area contributed by atoms with Gasteiger partial charge in [-0.2, -0.15) is 0 Å². The Bertz CT molecular complexity index is 2840. The molecule has 250 valence electrons. The highest BCUT2D eigenvalue weighted by Gasteiger charge is 2.36. The molecule has 6 aromatic carbocycles. The third-order valence-electron chi connectivity index (χ3n) is 9.68. The number of aromatic hydroxyl groups is 2. The largest absolute Gasteiger partial charge is 0.506 e. The molecule has 0 amide bonds. The highest BCUT2D eigenvalue weighted by atomic mass is 32.1. The first kappa shape index (κ1) is 31.7. The Hall–Kier alpha value is -6.21. The number of para-hydroxylation sites is 1. The number of ketones is 1. The Morgan fingerprint density at radius 3 is 1.94 bits per heavy atom. The van der Waals surface area contributed by atoms with Crippen molar-refractivity contribution >= 4 is 83.1 Å². The van der Waals surface area contributed by atoms with Crippen LogP contribution in [0.5, 0.6) is 11.5 Å². The molecule has 8 aromatic rings. The Balaban J connectivity index is 1.20. The molecule has 2 aromatic heterocycles. The van der Waals surface area contributed by atoms with Gasteiger partial charge in [-0.05, 0) is 64.0 Å². The molecule has 6 heteroatoms. The number of Topliss-reactive ketones (excluding diaryl/α,β-unsaturated/α-hetero) is 1. The molecule has 0 radical (unpaired) electrons. The van der Waals surface area contributed by atoms with Crippen molar-refractivity contribution in [1.82, 2.24) is 0 Å². The van der Waals surface area contributed by atoms with Gasteiger partial charge in [0.25, 0.3) is 0 Å². The van der Waals surface area contributed by atoms with E-state index >= 15 is 0 Å². The summed E-state index contributed by atoms with van der Waals surface area (Å²) in [5, 5.41) is 28.1. The molecule has 0 aliphatic heterocycles. The molecular formula is C46H31NO3S2. The van der Waals surface area contributed by atoms with Gasteiger partial charge in [0, 0.05) is 38.4 Å². The Morgan fingerprint density at radius 1 is 0.596 bits per heavy atom. The summed E-state index contributed by atoms with van der Waals surface area (Å²) in [6.07, 6.45) is 0. The molecule has 0 bridgehead atoms. The topological polar surface area (TPSA) is 60.8 Å². The molecule has 4 nitrogen and oxygen atoms in total. The van der Waals surface area contributed by atoms with Crippen molar-refractivity contribution in [3.8, 4) is 11.5 Å². The summed E-state index contributed by atoms with van der Waals surface area (Å²) in [7, 11) is 0. The second-order valence-corrected chi connectivity index (χ2v) is 14.8. The lowest BCUT2D eigenvalue weighted by Gasteiger charge is -2.25. The van der Waals surface area contributed by atoms with Gasteiger partial charge in [-0.1, -0.05) is 127 Å². The minimum absolute atomic E-state index is 0.0506. The zero-order chi connectivity index (χ0) is 35.3. The van der Waals surface area contributed by atoms with Gasteiger partial charge in [0.1, 0.15) is 16.5 Å². The number of allylic oxidation sites excluding steroid dienone is 2. The second kappa shape index (κ2) is 12.8. The number of carbonyl (C=O) groups is 1. The van der Waals surface area contributed by atoms with E-state index in [0.29, 0.717) is 20.6 Å². The summed E-state index contributed by atoms with van der Waals surface area (Å²) in [5.41, 5.74) is 6.70. The van der Waals surface area contributed by atoms with Crippen molar-refractivity contribution in [3.05, 3.63) is 188 Å². The van der Waals surface area contributed by atoms with Crippen molar-refractivity contribution in [2.45, 2.75) is 6.92 Å². The maximum absolute atomic E-state index is 14.1. The van der Waals surface area contributed by atoms with E-state index in [9.17, 15) is 15.0 Å². The van der Waals surface area contributed by atoms with Gasteiger partial charge in [0.15, 0.2) is 5.78 Å². The lowest BCUT2D eigenvalue weighted by Crippen LogP contribution is -2.23. The molecule has 1 aliphatic carbocycles. The van der Waals surface area contributed by atoms with E-state index in [1.165, 1.54) is 22.7 Å². The molecule has 52 heavy (non-hydrogen) atoms. The SMILES string of the molecule is CC1=C(c2sc(N(c3ccccc3)c3cccc4ccccc34)cc2O)C(=O)/C1=c1/s/c(=C(\c2ccccc2)c2cccc3ccccc23)cc1O. The van der Waals surface area contributed by atoms with Gasteiger partial charge in [-0.25, -0.2) is 0 Å². The van der Waals surface area contributed by atoms with Crippen LogP contribution in [0.25, 0.3) is 38.3 Å². The minimum atomic E-state index is -0.187. The summed E-state index contributed by atoms with van der Waals surface area (Å²) >= 11 is 2.80. The van der Waals surface area contributed by atoms with Crippen LogP contribution in [0.4, 0.5) is 16.4 Å². The smallest absolute Gasteiger partial charge is 0.196 e. The fraction of sp³-hybridized carbons (Fsp3) is 0.0217. The lowest BCUT2D eigenvalue weighted by molar-refractivity contribution is -0.109. The summed E-state index contributed by atoms with van der Waals surface area (Å²) < 4.78 is 1.40. The molecule has 0 fully saturated rings. The normalized spacial score (nSPS) is 14.5. The summed E-state index contributed by atoms with van der Waals surface area (Å²) in [6.45, 7) is 1.90. The van der Waals surface area contributed by atoms with Crippen LogP contribution in [0.15, 0.2) is 163 Å². The van der Waals surface area contributed by atoms with E-state index in [-0.39, 0.29) is 17.3 Å². The highest BCUT2D eigenvalue weighted by Crippen LogP contribution is 2.50. The van der Waals surface area contributed by atoms with Gasteiger partial charge < -0.3 is 15.1 Å². The Kier molecular flexibility index (Phi) is 7.84. The first-order valence-electron chi connectivity index (χ1n) is 17.0. The minimum Gasteiger partial charge on any atom is -0.506 e. The number of rotatable bonds is 6. The predicted octanol–water partition coefficient (Wildman–Crippen LogP) is 10.5. The monoisotopic (exact) mass is 709 g/mol. The molecule has 0 unspecified atom stereocenters. The quantitative estimate of drug-likeness (QED) is 0.180. The number of fused-ring (bicyclic) bond motifs is 2. The summed E-state index contributed by atoms with van der Waals surface area (Å²) in [6, 6.07) is 52.7. The van der Waals surface area contributed by atoms with Gasteiger partial charge in [-0.3, -0.25) is 4.79 Å². The van der Waals surface area contributed by atoms with Crippen LogP contribution >= 0.6 is 22.7 Å². The third-order valence-corrected chi connectivity index (χ3v) is 12.0. The molecule has 9 rings (SSSR count). The van der Waals surface area contributed by atoms with Crippen LogP contribution in [0.3, 0.4) is 0 Å². The average Bonchev–Trinajstić information content (AvgIpc) is 3.73. The number of carbonyl (C=O) groups excluding carboxylic acids is 1. The lowest BCUT2D eigenvalue weighted by atomic mass is 9.81. The molecule has 2 N–H and O–H groups in total. The molecule has 0 atom stereocenters. The molecular weight excluding hydrogens is 679 g/mol. The van der Waals surface area contributed by atoms with Crippen LogP contribution in [0.2, 0.25) is 0 Å². The van der Waals surface area contributed by atoms with Gasteiger partial charge >= 0.3 is 0 Å². The fourth-order valence-electron chi connectivity index (χ4n) is 7.26. The Labute approximate surface area is 308 Å². The zero-order valence-electron chi connectivity index (χ0n) is 28.1. The first-order chi connectivity index (χ1) is 25.5. The van der Waals surface area contributed by atoms with Crippen molar-refractivity contribution in [2.75, 3.05) is 4.90 Å². The molecule has 0 saturated carbocycles. The van der Waals surface area contributed by atoms with E-state index in [1.807, 2.05) is 85.8 Å². The van der Waals surface area contributed by atoms with Crippen molar-refractivity contribution in [3.63, 3.8) is 0 Å². The van der Waals surface area contributed by atoms with E-state index in [0.717, 1.165) is 64.7 Å². The van der Waals surface area contributed by atoms with Crippen LogP contribution in [-0.4, -0.2) is 16.0 Å². The number of anilines is 3. The van der Waals surface area contributed by atoms with E-state index in [2.05, 4.69) is 71.6 Å². The number of benzene rings is 6. The summed E-state index contributed by atoms with van der Waals surface area (Å²) in [5.74, 6) is -0.0693. The van der Waals surface area contributed by atoms with Crippen molar-refractivity contribution in [1.29, 1.82) is 0 Å². The molecule has 2 heterocycles. The second-order valence-electron chi connectivity index (χ2n) is 12.8. The van der Waals surface area contributed by atoms with Crippen molar-refractivity contribution < 1.29 is 15.0 Å². The summed E-state index contributed by atoms with van der Waals surface area (Å²) in [4.78, 5) is 16.8. The van der Waals surface area contributed by atoms with Crippen LogP contribution in [0, 0.1) is 0 Å². The molecule has 0 spiro atoms. The number of hydrogen-bond acceptors (Lipinski definition) is 6. The molecule has 0 saturated heterocycles. The van der Waals surface area contributed by atoms with Crippen molar-refractivity contribution in [2.24, 2.45) is 0 Å². The molecule has 1 aliphatic rings. The number of nitrogens with zero attached hydrogens (tertiary/aromatic N) is 1. The van der Waals surface area contributed by atoms with E-state index in [4.69, 9.17) is 0 Å². The van der Waals surface area contributed by atoms with E-state index < -0.39 is 0 Å². The van der Waals surface area contributed by atoms with Gasteiger partial charge in [-0.15, -0.1) is 22.7 Å². The highest BCUT2D eigenvalue weighted by molar-refractivity contribution is 7.18. The Morgan fingerprint density at radius 2 is 1.21 bits per heavy atom. The van der Waals surface area contributed by atoms with Crippen LogP contribution in [-0.2, 0) is 4.79 Å². The fourth-order valence-corrected chi connectivity index (χ4v) is 9.68. The predicted molar refractivity (Wildman–Crippen MR) is 216 cm³/mol. The van der Waals surface area contributed by atoms with Gasteiger partial charge in [0.05, 0.1) is 15.1 Å².